The van der Waals surface area contributed by atoms with Crippen molar-refractivity contribution >= 4 is 0 Å². The summed E-state index contributed by atoms with van der Waals surface area (Å²) in [6, 6.07) is 2.75. The molecule has 0 aliphatic heterocycles. The summed E-state index contributed by atoms with van der Waals surface area (Å²) in [6.45, 7) is 0.935. The monoisotopic (exact) mass is 263 g/mol. The van der Waals surface area contributed by atoms with Crippen molar-refractivity contribution in [2.45, 2.75) is 83.2 Å². The Morgan fingerprint density at radius 3 is 2.05 bits per heavy atom. The smallest absolute Gasteiger partial charge is 0.0490 e. The van der Waals surface area contributed by atoms with Crippen LogP contribution in [0.2, 0.25) is 0 Å². The van der Waals surface area contributed by atoms with E-state index in [1.165, 1.54) is 76.3 Å². The van der Waals surface area contributed by atoms with E-state index >= 15 is 0 Å². The number of aromatic nitrogens is 2. The molecule has 0 amide bonds. The highest BCUT2D eigenvalue weighted by Gasteiger charge is 2.09. The van der Waals surface area contributed by atoms with E-state index in [9.17, 15) is 0 Å². The van der Waals surface area contributed by atoms with E-state index in [4.69, 9.17) is 0 Å². The minimum atomic E-state index is 0.697. The molecule has 0 spiro atoms. The van der Waals surface area contributed by atoms with Gasteiger partial charge in [-0.3, -0.25) is 5.10 Å². The first-order chi connectivity index (χ1) is 9.45. The predicted molar refractivity (Wildman–Crippen MR) is 80.0 cm³/mol. The molecule has 1 aliphatic carbocycles. The Balaban J connectivity index is 1.71. The fraction of sp³-hybridized carbons (Fsp3) is 0.812. The number of hydrogen-bond acceptors (Lipinski definition) is 2. The lowest BCUT2D eigenvalue weighted by Crippen LogP contribution is -2.28. The normalized spacial score (nSPS) is 20.6. The van der Waals surface area contributed by atoms with Gasteiger partial charge < -0.3 is 5.32 Å². The van der Waals surface area contributed by atoms with Crippen molar-refractivity contribution in [2.75, 3.05) is 0 Å². The molecule has 0 saturated heterocycles. The molecule has 108 valence electrons. The van der Waals surface area contributed by atoms with E-state index in [0.717, 1.165) is 6.54 Å². The van der Waals surface area contributed by atoms with E-state index in [-0.39, 0.29) is 0 Å². The number of nitrogens with one attached hydrogen (secondary N) is 2. The van der Waals surface area contributed by atoms with Gasteiger partial charge in [-0.1, -0.05) is 57.8 Å². The Bertz CT molecular complexity index is 296. The summed E-state index contributed by atoms with van der Waals surface area (Å²) < 4.78 is 0. The molecule has 1 heterocycles. The average molecular weight is 263 g/mol. The van der Waals surface area contributed by atoms with Crippen LogP contribution in [0, 0.1) is 0 Å². The van der Waals surface area contributed by atoms with Crippen molar-refractivity contribution in [3.05, 3.63) is 18.0 Å². The van der Waals surface area contributed by atoms with Crippen molar-refractivity contribution in [1.82, 2.24) is 15.5 Å². The highest BCUT2D eigenvalue weighted by Crippen LogP contribution is 2.17. The lowest BCUT2D eigenvalue weighted by Gasteiger charge is -2.19. The zero-order chi connectivity index (χ0) is 13.2. The number of nitrogens with zero attached hydrogens (tertiary/aromatic N) is 1. The van der Waals surface area contributed by atoms with E-state index in [0.29, 0.717) is 6.04 Å². The molecule has 0 bridgehead atoms. The molecule has 19 heavy (non-hydrogen) atoms. The summed E-state index contributed by atoms with van der Waals surface area (Å²) in [6.07, 6.45) is 17.4. The second-order valence-corrected chi connectivity index (χ2v) is 5.92. The van der Waals surface area contributed by atoms with Gasteiger partial charge in [0, 0.05) is 24.5 Å². The summed E-state index contributed by atoms with van der Waals surface area (Å²) in [7, 11) is 0. The van der Waals surface area contributed by atoms with Crippen LogP contribution in [0.15, 0.2) is 12.3 Å². The van der Waals surface area contributed by atoms with Gasteiger partial charge in [0.2, 0.25) is 0 Å². The van der Waals surface area contributed by atoms with E-state index in [1.807, 2.05) is 6.20 Å². The van der Waals surface area contributed by atoms with Crippen LogP contribution in [0.1, 0.15) is 76.3 Å². The summed E-state index contributed by atoms with van der Waals surface area (Å²) in [5.74, 6) is 0. The fourth-order valence-corrected chi connectivity index (χ4v) is 3.00. The number of hydrogen-bond donors (Lipinski definition) is 2. The van der Waals surface area contributed by atoms with Crippen LogP contribution in [-0.2, 0) is 6.54 Å². The Labute approximate surface area is 117 Å². The van der Waals surface area contributed by atoms with E-state index in [2.05, 4.69) is 21.6 Å². The Kier molecular flexibility index (Phi) is 7.01. The maximum absolute atomic E-state index is 4.00. The maximum Gasteiger partial charge on any atom is 0.0490 e. The third-order valence-corrected chi connectivity index (χ3v) is 4.24. The molecule has 2 rings (SSSR count). The van der Waals surface area contributed by atoms with Gasteiger partial charge in [-0.05, 0) is 18.9 Å². The molecule has 3 nitrogen and oxygen atoms in total. The SMILES string of the molecule is c1cc(CNC2CCCCCCCCCCC2)[nH]n1. The molecule has 1 aromatic rings. The van der Waals surface area contributed by atoms with Crippen LogP contribution < -0.4 is 5.32 Å². The molecular weight excluding hydrogens is 234 g/mol. The minimum Gasteiger partial charge on any atom is -0.308 e. The summed E-state index contributed by atoms with van der Waals surface area (Å²) in [5, 5.41) is 10.7. The fourth-order valence-electron chi connectivity index (χ4n) is 3.00. The van der Waals surface area contributed by atoms with E-state index in [1.54, 1.807) is 0 Å². The molecule has 2 N–H and O–H groups in total. The van der Waals surface area contributed by atoms with Crippen molar-refractivity contribution in [1.29, 1.82) is 0 Å². The Hall–Kier alpha value is -0.830. The zero-order valence-electron chi connectivity index (χ0n) is 12.2. The Morgan fingerprint density at radius 1 is 0.947 bits per heavy atom. The molecule has 1 saturated carbocycles. The summed E-state index contributed by atoms with van der Waals surface area (Å²) in [4.78, 5) is 0. The second kappa shape index (κ2) is 9.13. The largest absolute Gasteiger partial charge is 0.308 e. The predicted octanol–water partition coefficient (Wildman–Crippen LogP) is 4.17. The van der Waals surface area contributed by atoms with Crippen LogP contribution in [0.3, 0.4) is 0 Å². The van der Waals surface area contributed by atoms with Crippen molar-refractivity contribution < 1.29 is 0 Å². The lowest BCUT2D eigenvalue weighted by atomic mass is 9.98. The molecule has 0 aromatic carbocycles. The Morgan fingerprint density at radius 2 is 1.53 bits per heavy atom. The van der Waals surface area contributed by atoms with Crippen LogP contribution in [0.5, 0.6) is 0 Å². The van der Waals surface area contributed by atoms with Crippen LogP contribution in [-0.4, -0.2) is 16.2 Å². The van der Waals surface area contributed by atoms with Gasteiger partial charge in [0.25, 0.3) is 0 Å². The molecule has 0 radical (unpaired) electrons. The second-order valence-electron chi connectivity index (χ2n) is 5.92. The average Bonchev–Trinajstić information content (AvgIpc) is 2.91. The molecular formula is C16H29N3. The van der Waals surface area contributed by atoms with Crippen LogP contribution in [0.25, 0.3) is 0 Å². The summed E-state index contributed by atoms with van der Waals surface area (Å²) in [5.41, 5.74) is 1.20. The molecule has 0 unspecified atom stereocenters. The first-order valence-corrected chi connectivity index (χ1v) is 8.17. The molecule has 0 atom stereocenters. The molecule has 3 heteroatoms. The first-order valence-electron chi connectivity index (χ1n) is 8.17. The van der Waals surface area contributed by atoms with Crippen LogP contribution in [0.4, 0.5) is 0 Å². The van der Waals surface area contributed by atoms with Crippen molar-refractivity contribution in [3.8, 4) is 0 Å². The molecule has 1 aromatic heterocycles. The number of aromatic amines is 1. The molecule has 1 fully saturated rings. The standard InChI is InChI=1S/C16H29N3/c1-2-4-6-8-10-15(11-9-7-5-3-1)17-14-16-12-13-18-19-16/h12-13,15,17H,1-11,14H2,(H,18,19). The third kappa shape index (κ3) is 6.24. The highest BCUT2D eigenvalue weighted by atomic mass is 15.1. The number of H-pyrrole nitrogens is 1. The zero-order valence-corrected chi connectivity index (χ0v) is 12.2. The van der Waals surface area contributed by atoms with Gasteiger partial charge in [0.05, 0.1) is 0 Å². The summed E-state index contributed by atoms with van der Waals surface area (Å²) >= 11 is 0. The van der Waals surface area contributed by atoms with Gasteiger partial charge in [-0.2, -0.15) is 5.10 Å². The maximum atomic E-state index is 4.00. The van der Waals surface area contributed by atoms with Gasteiger partial charge in [0.15, 0.2) is 0 Å². The lowest BCUT2D eigenvalue weighted by molar-refractivity contribution is 0.401. The first kappa shape index (κ1) is 14.6. The highest BCUT2D eigenvalue weighted by molar-refractivity contribution is 4.96. The van der Waals surface area contributed by atoms with Gasteiger partial charge in [-0.15, -0.1) is 0 Å². The molecule has 1 aliphatic rings. The van der Waals surface area contributed by atoms with Gasteiger partial charge >= 0.3 is 0 Å². The van der Waals surface area contributed by atoms with E-state index < -0.39 is 0 Å². The van der Waals surface area contributed by atoms with Crippen molar-refractivity contribution in [2.24, 2.45) is 0 Å². The number of rotatable bonds is 3. The van der Waals surface area contributed by atoms with Gasteiger partial charge in [0.1, 0.15) is 0 Å². The topological polar surface area (TPSA) is 40.7 Å². The minimum absolute atomic E-state index is 0.697. The van der Waals surface area contributed by atoms with Crippen molar-refractivity contribution in [3.63, 3.8) is 0 Å². The van der Waals surface area contributed by atoms with Crippen LogP contribution >= 0.6 is 0 Å². The van der Waals surface area contributed by atoms with Gasteiger partial charge in [-0.25, -0.2) is 0 Å². The third-order valence-electron chi connectivity index (χ3n) is 4.24. The quantitative estimate of drug-likeness (QED) is 0.859.